The Morgan fingerprint density at radius 2 is 2.00 bits per heavy atom. The van der Waals surface area contributed by atoms with Crippen LogP contribution in [0.25, 0.3) is 0 Å². The first-order valence-corrected chi connectivity index (χ1v) is 7.54. The average Bonchev–Trinajstić information content (AvgIpc) is 3.01. The van der Waals surface area contributed by atoms with E-state index in [2.05, 4.69) is 11.4 Å². The van der Waals surface area contributed by atoms with Crippen molar-refractivity contribution in [3.05, 3.63) is 23.8 Å². The zero-order valence-corrected chi connectivity index (χ0v) is 13.3. The molecule has 1 aromatic rings. The first kappa shape index (κ1) is 16.8. The molecule has 0 spiro atoms. The number of methoxy groups -OCH3 is 1. The number of hydrogen-bond donors (Lipinski definition) is 1. The van der Waals surface area contributed by atoms with Gasteiger partial charge in [-0.15, -0.1) is 0 Å². The number of nitrogens with one attached hydrogen (secondary N) is 1. The Balaban J connectivity index is 1.99. The summed E-state index contributed by atoms with van der Waals surface area (Å²) in [4.78, 5) is 23.4. The average molecular weight is 316 g/mol. The summed E-state index contributed by atoms with van der Waals surface area (Å²) < 4.78 is 10.6. The van der Waals surface area contributed by atoms with E-state index in [0.717, 1.165) is 12.8 Å². The quantitative estimate of drug-likeness (QED) is 0.813. The van der Waals surface area contributed by atoms with Crippen LogP contribution in [0.5, 0.6) is 11.5 Å². The Kier molecular flexibility index (Phi) is 5.22. The van der Waals surface area contributed by atoms with Crippen LogP contribution in [0.1, 0.15) is 43.0 Å². The molecule has 1 fully saturated rings. The summed E-state index contributed by atoms with van der Waals surface area (Å²) in [7, 11) is 1.47. The van der Waals surface area contributed by atoms with E-state index in [1.807, 2.05) is 0 Å². The van der Waals surface area contributed by atoms with Crippen LogP contribution < -0.4 is 14.8 Å². The van der Waals surface area contributed by atoms with Gasteiger partial charge in [0.05, 0.1) is 13.2 Å². The Morgan fingerprint density at radius 1 is 1.30 bits per heavy atom. The summed E-state index contributed by atoms with van der Waals surface area (Å²) in [5, 5.41) is 12.0. The number of nitriles is 1. The third-order valence-corrected chi connectivity index (χ3v) is 3.98. The van der Waals surface area contributed by atoms with Gasteiger partial charge in [-0.25, -0.2) is 0 Å². The highest BCUT2D eigenvalue weighted by Gasteiger charge is 2.35. The minimum Gasteiger partial charge on any atom is -0.493 e. The fourth-order valence-corrected chi connectivity index (χ4v) is 2.70. The van der Waals surface area contributed by atoms with Crippen molar-refractivity contribution in [2.75, 3.05) is 13.7 Å². The van der Waals surface area contributed by atoms with Gasteiger partial charge in [0.15, 0.2) is 23.9 Å². The predicted octanol–water partition coefficient (Wildman–Crippen LogP) is 2.23. The third kappa shape index (κ3) is 4.01. The van der Waals surface area contributed by atoms with Crippen molar-refractivity contribution in [3.8, 4) is 17.6 Å². The number of carbonyl (C=O) groups is 2. The highest BCUT2D eigenvalue weighted by Crippen LogP contribution is 2.30. The number of nitrogens with zero attached hydrogens (tertiary/aromatic N) is 1. The summed E-state index contributed by atoms with van der Waals surface area (Å²) in [6.45, 7) is 1.25. The number of rotatable bonds is 6. The zero-order valence-electron chi connectivity index (χ0n) is 13.3. The van der Waals surface area contributed by atoms with Crippen LogP contribution >= 0.6 is 0 Å². The molecule has 2 rings (SSSR count). The van der Waals surface area contributed by atoms with Crippen LogP contribution in [0, 0.1) is 11.3 Å². The number of carbonyl (C=O) groups excluding carboxylic acids is 2. The van der Waals surface area contributed by atoms with Crippen LogP contribution in [0.4, 0.5) is 0 Å². The molecule has 0 aromatic heterocycles. The number of amides is 1. The topological polar surface area (TPSA) is 88.4 Å². The van der Waals surface area contributed by atoms with Crippen molar-refractivity contribution < 1.29 is 19.1 Å². The van der Waals surface area contributed by atoms with Crippen LogP contribution in [-0.4, -0.2) is 30.9 Å². The second-order valence-corrected chi connectivity index (χ2v) is 5.66. The van der Waals surface area contributed by atoms with Crippen LogP contribution in [0.3, 0.4) is 0 Å². The lowest BCUT2D eigenvalue weighted by molar-refractivity contribution is -0.124. The van der Waals surface area contributed by atoms with Gasteiger partial charge in [-0.3, -0.25) is 9.59 Å². The number of ether oxygens (including phenoxy) is 2. The molecule has 1 N–H and O–H groups in total. The number of ketones is 1. The van der Waals surface area contributed by atoms with Gasteiger partial charge in [-0.05, 0) is 50.8 Å². The van der Waals surface area contributed by atoms with E-state index in [9.17, 15) is 14.9 Å². The normalized spacial score (nSPS) is 15.5. The zero-order chi connectivity index (χ0) is 16.9. The molecular weight excluding hydrogens is 296 g/mol. The second-order valence-electron chi connectivity index (χ2n) is 5.66. The largest absolute Gasteiger partial charge is 0.493 e. The van der Waals surface area contributed by atoms with Crippen LogP contribution in [0.15, 0.2) is 18.2 Å². The summed E-state index contributed by atoms with van der Waals surface area (Å²) in [5.74, 6) is 0.349. The number of benzene rings is 1. The molecule has 0 heterocycles. The molecule has 0 unspecified atom stereocenters. The van der Waals surface area contributed by atoms with E-state index in [1.165, 1.54) is 14.0 Å². The van der Waals surface area contributed by atoms with E-state index in [1.54, 1.807) is 18.2 Å². The molecule has 1 aromatic carbocycles. The lowest BCUT2D eigenvalue weighted by Gasteiger charge is -2.22. The Bertz CT molecular complexity index is 642. The second kappa shape index (κ2) is 7.14. The molecular formula is C17H20N2O4. The highest BCUT2D eigenvalue weighted by atomic mass is 16.5. The van der Waals surface area contributed by atoms with E-state index in [0.29, 0.717) is 29.9 Å². The van der Waals surface area contributed by atoms with E-state index in [4.69, 9.17) is 9.47 Å². The first-order valence-electron chi connectivity index (χ1n) is 7.54. The maximum atomic E-state index is 12.0. The molecule has 0 saturated heterocycles. The molecule has 0 atom stereocenters. The summed E-state index contributed by atoms with van der Waals surface area (Å²) in [6, 6.07) is 6.98. The maximum Gasteiger partial charge on any atom is 0.259 e. The van der Waals surface area contributed by atoms with Gasteiger partial charge in [0.1, 0.15) is 5.54 Å². The summed E-state index contributed by atoms with van der Waals surface area (Å²) >= 11 is 0. The lowest BCUT2D eigenvalue weighted by Crippen LogP contribution is -2.47. The summed E-state index contributed by atoms with van der Waals surface area (Å²) in [5.41, 5.74) is -0.253. The third-order valence-electron chi connectivity index (χ3n) is 3.98. The first-order chi connectivity index (χ1) is 11.0. The van der Waals surface area contributed by atoms with Gasteiger partial charge in [-0.1, -0.05) is 0 Å². The molecule has 1 saturated carbocycles. The van der Waals surface area contributed by atoms with Gasteiger partial charge in [0, 0.05) is 5.56 Å². The van der Waals surface area contributed by atoms with Gasteiger partial charge < -0.3 is 14.8 Å². The van der Waals surface area contributed by atoms with Gasteiger partial charge in [0.25, 0.3) is 5.91 Å². The van der Waals surface area contributed by atoms with E-state index < -0.39 is 5.54 Å². The van der Waals surface area contributed by atoms with Crippen LogP contribution in [0.2, 0.25) is 0 Å². The predicted molar refractivity (Wildman–Crippen MR) is 83.4 cm³/mol. The van der Waals surface area contributed by atoms with Crippen LogP contribution in [-0.2, 0) is 4.79 Å². The molecule has 6 nitrogen and oxygen atoms in total. The molecule has 0 radical (unpaired) electrons. The molecule has 0 bridgehead atoms. The van der Waals surface area contributed by atoms with Crippen molar-refractivity contribution in [1.29, 1.82) is 5.26 Å². The number of hydrogen-bond acceptors (Lipinski definition) is 5. The SMILES string of the molecule is COc1cc(C(C)=O)ccc1OCC(=O)NC1(C#N)CCCC1. The molecule has 6 heteroatoms. The highest BCUT2D eigenvalue weighted by molar-refractivity contribution is 5.94. The van der Waals surface area contributed by atoms with E-state index >= 15 is 0 Å². The molecule has 122 valence electrons. The Hall–Kier alpha value is -2.55. The van der Waals surface area contributed by atoms with Crippen molar-refractivity contribution in [2.45, 2.75) is 38.1 Å². The number of Topliss-reactive ketones (excluding diaryl/α,β-unsaturated/α-hetero) is 1. The Morgan fingerprint density at radius 3 is 2.57 bits per heavy atom. The monoisotopic (exact) mass is 316 g/mol. The minimum absolute atomic E-state index is 0.0789. The fourth-order valence-electron chi connectivity index (χ4n) is 2.70. The van der Waals surface area contributed by atoms with Gasteiger partial charge in [0.2, 0.25) is 0 Å². The molecule has 1 aliphatic carbocycles. The van der Waals surface area contributed by atoms with Crippen molar-refractivity contribution in [3.63, 3.8) is 0 Å². The molecule has 23 heavy (non-hydrogen) atoms. The smallest absolute Gasteiger partial charge is 0.259 e. The van der Waals surface area contributed by atoms with Crippen molar-refractivity contribution >= 4 is 11.7 Å². The van der Waals surface area contributed by atoms with Gasteiger partial charge in [-0.2, -0.15) is 5.26 Å². The lowest BCUT2D eigenvalue weighted by atomic mass is 10.00. The maximum absolute atomic E-state index is 12.0. The molecule has 0 aliphatic heterocycles. The molecule has 1 amide bonds. The Labute approximate surface area is 135 Å². The van der Waals surface area contributed by atoms with Gasteiger partial charge >= 0.3 is 0 Å². The minimum atomic E-state index is -0.761. The standard InChI is InChI=1S/C17H20N2O4/c1-12(20)13-5-6-14(15(9-13)22-2)23-10-16(21)19-17(11-18)7-3-4-8-17/h5-6,9H,3-4,7-8,10H2,1-2H3,(H,19,21). The van der Waals surface area contributed by atoms with Crippen molar-refractivity contribution in [2.24, 2.45) is 0 Å². The fraction of sp³-hybridized carbons (Fsp3) is 0.471. The van der Waals surface area contributed by atoms with Crippen molar-refractivity contribution in [1.82, 2.24) is 5.32 Å². The van der Waals surface area contributed by atoms with E-state index in [-0.39, 0.29) is 18.3 Å². The summed E-state index contributed by atoms with van der Waals surface area (Å²) in [6.07, 6.45) is 3.22. The molecule has 1 aliphatic rings.